The van der Waals surface area contributed by atoms with Crippen molar-refractivity contribution in [3.8, 4) is 17.6 Å². The molecule has 0 radical (unpaired) electrons. The topological polar surface area (TPSA) is 87.0 Å². The van der Waals surface area contributed by atoms with Crippen LogP contribution >= 0.6 is 0 Å². The molecular weight excluding hydrogens is 368 g/mol. The Bertz CT molecular complexity index is 805. The van der Waals surface area contributed by atoms with Crippen LogP contribution in [0.25, 0.3) is 0 Å². The van der Waals surface area contributed by atoms with Crippen LogP contribution in [0.1, 0.15) is 51.0 Å². The van der Waals surface area contributed by atoms with Gasteiger partial charge >= 0.3 is 5.97 Å². The summed E-state index contributed by atoms with van der Waals surface area (Å²) in [5.74, 6) is 5.54. The lowest BCUT2D eigenvalue weighted by Crippen LogP contribution is -2.28. The summed E-state index contributed by atoms with van der Waals surface area (Å²) >= 11 is 0. The maximum Gasteiger partial charge on any atom is 0.303 e. The van der Waals surface area contributed by atoms with Crippen molar-refractivity contribution >= 4 is 5.97 Å². The van der Waals surface area contributed by atoms with Gasteiger partial charge in [0.1, 0.15) is 11.9 Å². The van der Waals surface area contributed by atoms with Gasteiger partial charge in [-0.05, 0) is 31.7 Å². The van der Waals surface area contributed by atoms with Gasteiger partial charge in [0.2, 0.25) is 0 Å². The van der Waals surface area contributed by atoms with E-state index in [1.54, 1.807) is 13.0 Å². The molecule has 5 nitrogen and oxygen atoms in total. The Morgan fingerprint density at radius 2 is 2.10 bits per heavy atom. The molecule has 3 N–H and O–H groups in total. The van der Waals surface area contributed by atoms with Crippen molar-refractivity contribution in [2.45, 2.75) is 63.8 Å². The summed E-state index contributed by atoms with van der Waals surface area (Å²) in [6.45, 7) is 3.74. The standard InChI is InChI=1S/C24H30O5/c1-3-4-8-15(2)19(25)14-13-17-22-16-9-5-6-11-20(16)29-24(22)18(23(17)28)10-7-12-21(26)27/h5-6,9,11,13-15,17-19,22-25,28H,7-8,10,12H2,1-2H3,(H,26,27)/b14-13+/t15?,17-,18?,19-,22-,23-,24-/m1/s1. The molecule has 1 aliphatic carbocycles. The third kappa shape index (κ3) is 4.66. The second kappa shape index (κ2) is 9.47. The molecule has 156 valence electrons. The quantitative estimate of drug-likeness (QED) is 0.462. The van der Waals surface area contributed by atoms with Crippen LogP contribution in [0, 0.1) is 29.6 Å². The van der Waals surface area contributed by atoms with Gasteiger partial charge in [-0.15, -0.1) is 11.8 Å². The number of aliphatic hydroxyl groups excluding tert-OH is 2. The number of ether oxygens (including phenoxy) is 1. The van der Waals surface area contributed by atoms with Gasteiger partial charge in [-0.25, -0.2) is 0 Å². The maximum absolute atomic E-state index is 11.1. The highest BCUT2D eigenvalue weighted by atomic mass is 16.5. The predicted octanol–water partition coefficient (Wildman–Crippen LogP) is 3.36. The van der Waals surface area contributed by atoms with Gasteiger partial charge in [0.25, 0.3) is 0 Å². The number of aliphatic hydroxyl groups is 2. The molecule has 0 bridgehead atoms. The van der Waals surface area contributed by atoms with Gasteiger partial charge in [0.05, 0.1) is 12.2 Å². The van der Waals surface area contributed by atoms with Crippen LogP contribution < -0.4 is 4.74 Å². The number of aliphatic carboxylic acids is 1. The molecule has 5 heteroatoms. The second-order valence-electron chi connectivity index (χ2n) is 8.15. The first kappa shape index (κ1) is 21.4. The smallest absolute Gasteiger partial charge is 0.303 e. The molecule has 1 saturated carbocycles. The molecule has 3 rings (SSSR count). The van der Waals surface area contributed by atoms with Gasteiger partial charge in [0, 0.05) is 36.2 Å². The van der Waals surface area contributed by atoms with Crippen molar-refractivity contribution in [3.05, 3.63) is 42.0 Å². The summed E-state index contributed by atoms with van der Waals surface area (Å²) in [6, 6.07) is 7.87. The lowest BCUT2D eigenvalue weighted by Gasteiger charge is -2.22. The molecule has 0 saturated heterocycles. The van der Waals surface area contributed by atoms with E-state index in [4.69, 9.17) is 9.84 Å². The number of hydrogen-bond acceptors (Lipinski definition) is 4. The first-order valence-corrected chi connectivity index (χ1v) is 10.4. The fourth-order valence-electron chi connectivity index (χ4n) is 4.61. The first-order valence-electron chi connectivity index (χ1n) is 10.4. The molecule has 2 aliphatic rings. The fraction of sp³-hybridized carbons (Fsp3) is 0.542. The number of carboxylic acid groups (broad SMARTS) is 1. The number of carboxylic acids is 1. The van der Waals surface area contributed by atoms with Gasteiger partial charge < -0.3 is 20.1 Å². The van der Waals surface area contributed by atoms with Crippen LogP contribution in [-0.2, 0) is 4.79 Å². The second-order valence-corrected chi connectivity index (χ2v) is 8.15. The highest BCUT2D eigenvalue weighted by molar-refractivity contribution is 5.66. The van der Waals surface area contributed by atoms with E-state index in [1.165, 1.54) is 0 Å². The third-order valence-corrected chi connectivity index (χ3v) is 6.21. The average Bonchev–Trinajstić information content (AvgIpc) is 3.19. The van der Waals surface area contributed by atoms with Crippen molar-refractivity contribution in [1.82, 2.24) is 0 Å². The van der Waals surface area contributed by atoms with Crippen LogP contribution in [0.5, 0.6) is 5.75 Å². The monoisotopic (exact) mass is 398 g/mol. The zero-order chi connectivity index (χ0) is 21.0. The van der Waals surface area contributed by atoms with E-state index in [0.29, 0.717) is 19.3 Å². The largest absolute Gasteiger partial charge is 0.489 e. The molecule has 29 heavy (non-hydrogen) atoms. The summed E-state index contributed by atoms with van der Waals surface area (Å²) < 4.78 is 6.19. The number of rotatable bonds is 8. The van der Waals surface area contributed by atoms with Crippen LogP contribution in [0.3, 0.4) is 0 Å². The molecule has 1 aromatic rings. The average molecular weight is 398 g/mol. The molecule has 1 heterocycles. The molecule has 0 spiro atoms. The van der Waals surface area contributed by atoms with E-state index in [1.807, 2.05) is 37.3 Å². The molecule has 1 aliphatic heterocycles. The van der Waals surface area contributed by atoms with Crippen LogP contribution in [0.4, 0.5) is 0 Å². The van der Waals surface area contributed by atoms with Crippen molar-refractivity contribution in [1.29, 1.82) is 0 Å². The third-order valence-electron chi connectivity index (χ3n) is 6.21. The molecule has 0 aromatic heterocycles. The highest BCUT2D eigenvalue weighted by Gasteiger charge is 2.54. The molecule has 1 fully saturated rings. The molecule has 7 atom stereocenters. The molecular formula is C24H30O5. The minimum atomic E-state index is -0.826. The summed E-state index contributed by atoms with van der Waals surface area (Å²) in [5.41, 5.74) is 1.08. The number of para-hydroxylation sites is 1. The van der Waals surface area contributed by atoms with Crippen molar-refractivity contribution in [3.63, 3.8) is 0 Å². The molecule has 2 unspecified atom stereocenters. The Kier molecular flexibility index (Phi) is 7.00. The summed E-state index contributed by atoms with van der Waals surface area (Å²) in [7, 11) is 0. The zero-order valence-electron chi connectivity index (χ0n) is 17.0. The van der Waals surface area contributed by atoms with E-state index in [2.05, 4.69) is 11.8 Å². The van der Waals surface area contributed by atoms with Crippen LogP contribution in [0.2, 0.25) is 0 Å². The molecule has 1 aromatic carbocycles. The van der Waals surface area contributed by atoms with Crippen molar-refractivity contribution in [2.24, 2.45) is 17.8 Å². The number of carbonyl (C=O) groups is 1. The first-order chi connectivity index (χ1) is 13.9. The lowest BCUT2D eigenvalue weighted by atomic mass is 9.87. The Hall–Kier alpha value is -2.29. The summed E-state index contributed by atoms with van der Waals surface area (Å²) in [6.07, 6.45) is 4.05. The van der Waals surface area contributed by atoms with Gasteiger partial charge in [-0.1, -0.05) is 37.3 Å². The fourth-order valence-corrected chi connectivity index (χ4v) is 4.61. The Labute approximate surface area is 172 Å². The minimum Gasteiger partial charge on any atom is -0.489 e. The highest BCUT2D eigenvalue weighted by Crippen LogP contribution is 2.54. The van der Waals surface area contributed by atoms with Gasteiger partial charge in [-0.2, -0.15) is 0 Å². The maximum atomic E-state index is 11.1. The number of fused-ring (bicyclic) bond motifs is 3. The number of hydrogen-bond donors (Lipinski definition) is 3. The Balaban J connectivity index is 1.79. The number of benzene rings is 1. The van der Waals surface area contributed by atoms with E-state index >= 15 is 0 Å². The summed E-state index contributed by atoms with van der Waals surface area (Å²) in [5, 5.41) is 30.5. The van der Waals surface area contributed by atoms with E-state index < -0.39 is 18.2 Å². The lowest BCUT2D eigenvalue weighted by molar-refractivity contribution is -0.137. The molecule has 0 amide bonds. The van der Waals surface area contributed by atoms with E-state index in [9.17, 15) is 15.0 Å². The summed E-state index contributed by atoms with van der Waals surface area (Å²) in [4.78, 5) is 10.9. The Morgan fingerprint density at radius 1 is 1.34 bits per heavy atom. The van der Waals surface area contributed by atoms with Crippen LogP contribution in [0.15, 0.2) is 36.4 Å². The van der Waals surface area contributed by atoms with Gasteiger partial charge in [-0.3, -0.25) is 4.79 Å². The van der Waals surface area contributed by atoms with Crippen molar-refractivity contribution in [2.75, 3.05) is 0 Å². The zero-order valence-corrected chi connectivity index (χ0v) is 17.0. The van der Waals surface area contributed by atoms with Crippen molar-refractivity contribution < 1.29 is 24.9 Å². The van der Waals surface area contributed by atoms with Crippen LogP contribution in [-0.4, -0.2) is 39.6 Å². The Morgan fingerprint density at radius 3 is 2.83 bits per heavy atom. The van der Waals surface area contributed by atoms with E-state index in [-0.39, 0.29) is 36.2 Å². The van der Waals surface area contributed by atoms with Gasteiger partial charge in [0.15, 0.2) is 0 Å². The SMILES string of the molecule is CC#CCC(C)[C@H](O)/C=C/[C@@H]1[C@H]2c3ccccc3O[C@@H]2C(CCCC(=O)O)[C@@H]1O. The predicted molar refractivity (Wildman–Crippen MR) is 110 cm³/mol. The van der Waals surface area contributed by atoms with E-state index in [0.717, 1.165) is 11.3 Å². The normalized spacial score (nSPS) is 29.4. The minimum absolute atomic E-state index is 0.00483.